The zero-order valence-electron chi connectivity index (χ0n) is 35.1. The molecule has 4 aromatic rings. The summed E-state index contributed by atoms with van der Waals surface area (Å²) in [6.07, 6.45) is 6.17. The quantitative estimate of drug-likeness (QED) is 0.137. The van der Waals surface area contributed by atoms with Crippen molar-refractivity contribution in [1.82, 2.24) is 30.2 Å². The summed E-state index contributed by atoms with van der Waals surface area (Å²) in [4.78, 5) is 67.4. The Labute approximate surface area is 361 Å². The Bertz CT molecular complexity index is 2510. The van der Waals surface area contributed by atoms with Crippen molar-refractivity contribution in [3.05, 3.63) is 90.6 Å². The Hall–Kier alpha value is -6.03. The van der Waals surface area contributed by atoms with Gasteiger partial charge < -0.3 is 29.7 Å². The highest BCUT2D eigenvalue weighted by Crippen LogP contribution is 2.45. The average molecular weight is 865 g/mol. The number of alkyl carbamates (subject to hydrolysis) is 1. The van der Waals surface area contributed by atoms with E-state index in [4.69, 9.17) is 24.2 Å². The van der Waals surface area contributed by atoms with Crippen molar-refractivity contribution in [2.45, 2.75) is 106 Å². The number of rotatable bonds is 14. The molecule has 0 bridgehead atoms. The van der Waals surface area contributed by atoms with Crippen molar-refractivity contribution >= 4 is 44.7 Å². The van der Waals surface area contributed by atoms with Crippen molar-refractivity contribution in [2.75, 3.05) is 13.7 Å². The van der Waals surface area contributed by atoms with Crippen molar-refractivity contribution in [3.63, 3.8) is 0 Å². The molecule has 326 valence electrons. The molecule has 4 amide bonds. The van der Waals surface area contributed by atoms with Crippen molar-refractivity contribution in [2.24, 2.45) is 11.8 Å². The van der Waals surface area contributed by atoms with Crippen molar-refractivity contribution in [3.8, 4) is 22.9 Å². The third kappa shape index (κ3) is 8.69. The number of methoxy groups -OCH3 is 1. The minimum atomic E-state index is -4.29. The van der Waals surface area contributed by atoms with Gasteiger partial charge in [-0.3, -0.25) is 19.4 Å². The van der Waals surface area contributed by atoms with E-state index in [9.17, 15) is 27.6 Å². The maximum absolute atomic E-state index is 14.7. The summed E-state index contributed by atoms with van der Waals surface area (Å²) < 4.78 is 46.6. The molecule has 1 saturated heterocycles. The van der Waals surface area contributed by atoms with Crippen molar-refractivity contribution < 1.29 is 41.8 Å². The monoisotopic (exact) mass is 864 g/mol. The fourth-order valence-electron chi connectivity index (χ4n) is 8.87. The molecular weight excluding hydrogens is 813 g/mol. The lowest BCUT2D eigenvalue weighted by Gasteiger charge is -2.31. The van der Waals surface area contributed by atoms with E-state index in [1.54, 1.807) is 45.2 Å². The van der Waals surface area contributed by atoms with E-state index in [0.29, 0.717) is 33.8 Å². The number of amides is 4. The number of fused-ring (bicyclic) bond motifs is 2. The van der Waals surface area contributed by atoms with Crippen LogP contribution in [0.2, 0.25) is 0 Å². The number of hydrogen-bond donors (Lipinski definition) is 3. The highest BCUT2D eigenvalue weighted by atomic mass is 32.2. The molecule has 0 spiro atoms. The number of benzene rings is 2. The van der Waals surface area contributed by atoms with E-state index in [2.05, 4.69) is 28.0 Å². The van der Waals surface area contributed by atoms with E-state index in [1.807, 2.05) is 12.1 Å². The summed E-state index contributed by atoms with van der Waals surface area (Å²) in [6.45, 7) is 7.33. The molecule has 3 N–H and O–H groups in total. The third-order valence-electron chi connectivity index (χ3n) is 12.4. The Morgan fingerprint density at radius 1 is 0.935 bits per heavy atom. The van der Waals surface area contributed by atoms with Crippen LogP contribution < -0.4 is 24.8 Å². The molecule has 0 radical (unpaired) electrons. The second kappa shape index (κ2) is 17.4. The van der Waals surface area contributed by atoms with E-state index in [1.165, 1.54) is 40.8 Å². The van der Waals surface area contributed by atoms with Crippen LogP contribution in [0.3, 0.4) is 0 Å². The lowest BCUT2D eigenvalue weighted by molar-refractivity contribution is -0.141. The number of aromatic nitrogens is 2. The van der Waals surface area contributed by atoms with Gasteiger partial charge in [-0.05, 0) is 93.2 Å². The SMILES string of the molecule is C=C[C@@H]1C[C@]1(NC(=O)[C@@H]1C[C@@H](Oc2cc(-c3ccc4c(n3)CCC4)nc3cc(OC)ccc23)CN1C(=O)[C@@H](NC(=O)OC1CCCC1)C(C)C)C(=O)NS(=O)(=O)c1ccccc1. The second-order valence-electron chi connectivity index (χ2n) is 17.0. The number of likely N-dealkylation sites (tertiary alicyclic amines) is 1. The van der Waals surface area contributed by atoms with Crippen LogP contribution in [-0.2, 0) is 42.0 Å². The van der Waals surface area contributed by atoms with Crippen LogP contribution in [0.5, 0.6) is 11.5 Å². The first-order valence-corrected chi connectivity index (χ1v) is 22.8. The van der Waals surface area contributed by atoms with Gasteiger partial charge in [-0.2, -0.15) is 0 Å². The fourth-order valence-corrected chi connectivity index (χ4v) is 9.93. The van der Waals surface area contributed by atoms with Crippen LogP contribution in [-0.4, -0.2) is 90.6 Å². The van der Waals surface area contributed by atoms with E-state index >= 15 is 0 Å². The van der Waals surface area contributed by atoms with Gasteiger partial charge in [0.2, 0.25) is 11.8 Å². The predicted octanol–water partition coefficient (Wildman–Crippen LogP) is 5.40. The molecule has 1 aliphatic heterocycles. The smallest absolute Gasteiger partial charge is 0.408 e. The van der Waals surface area contributed by atoms with Crippen LogP contribution in [0.15, 0.2) is 84.3 Å². The summed E-state index contributed by atoms with van der Waals surface area (Å²) in [7, 11) is -2.71. The Balaban J connectivity index is 1.10. The first kappa shape index (κ1) is 42.7. The number of aryl methyl sites for hydroxylation is 2. The summed E-state index contributed by atoms with van der Waals surface area (Å²) in [5.41, 5.74) is 2.45. The molecule has 3 fully saturated rings. The molecule has 2 aromatic carbocycles. The van der Waals surface area contributed by atoms with Crippen LogP contribution >= 0.6 is 0 Å². The molecule has 8 rings (SSSR count). The summed E-state index contributed by atoms with van der Waals surface area (Å²) >= 11 is 0. The largest absolute Gasteiger partial charge is 0.497 e. The van der Waals surface area contributed by atoms with Gasteiger partial charge in [0.15, 0.2) is 0 Å². The van der Waals surface area contributed by atoms with Gasteiger partial charge in [0.05, 0.1) is 35.5 Å². The molecular formula is C46H52N6O9S. The highest BCUT2D eigenvalue weighted by Gasteiger charge is 2.61. The topological polar surface area (TPSA) is 195 Å². The van der Waals surface area contributed by atoms with Crippen LogP contribution in [0, 0.1) is 11.8 Å². The Kier molecular flexibility index (Phi) is 12.0. The predicted molar refractivity (Wildman–Crippen MR) is 230 cm³/mol. The minimum Gasteiger partial charge on any atom is -0.497 e. The molecule has 0 unspecified atom stereocenters. The number of ether oxygens (including phenoxy) is 3. The second-order valence-corrected chi connectivity index (χ2v) is 18.6. The first-order valence-electron chi connectivity index (χ1n) is 21.3. The number of carbonyl (C=O) groups excluding carboxylic acids is 4. The standard InChI is InChI=1S/C46H52N6O9S/c1-5-29-25-46(29,44(55)51-62(57,58)33-15-7-6-8-16-33)50-42(53)39-23-32(26-52(39)43(54)41(27(2)3)49-45(56)61-30-13-9-10-14-30)60-40-24-38(36-21-18-28-12-11-17-35(28)47-36)48-37-22-31(59-4)19-20-34(37)40/h5-8,15-16,18-22,24,27,29-30,32,39,41H,1,9-14,17,23,25-26H2,2-4H3,(H,49,56)(H,50,53)(H,51,55)/t29-,32-,39+,41+,46-/m1/s1. The number of nitrogens with one attached hydrogen (secondary N) is 3. The summed E-state index contributed by atoms with van der Waals surface area (Å²) in [6, 6.07) is 16.4. The minimum absolute atomic E-state index is 0.0000768. The van der Waals surface area contributed by atoms with Gasteiger partial charge in [-0.25, -0.2) is 22.9 Å². The van der Waals surface area contributed by atoms with E-state index in [0.717, 1.165) is 50.6 Å². The lowest BCUT2D eigenvalue weighted by atomic mass is 10.0. The highest BCUT2D eigenvalue weighted by molar-refractivity contribution is 7.90. The first-order chi connectivity index (χ1) is 29.8. The van der Waals surface area contributed by atoms with Gasteiger partial charge in [-0.1, -0.05) is 44.2 Å². The summed E-state index contributed by atoms with van der Waals surface area (Å²) in [5.74, 6) is -2.10. The Morgan fingerprint density at radius 3 is 2.42 bits per heavy atom. The average Bonchev–Trinajstić information content (AvgIpc) is 3.68. The van der Waals surface area contributed by atoms with Gasteiger partial charge >= 0.3 is 6.09 Å². The molecule has 2 aromatic heterocycles. The molecule has 5 atom stereocenters. The normalized spacial score (nSPS) is 22.5. The molecule has 16 heteroatoms. The molecule has 62 heavy (non-hydrogen) atoms. The molecule has 3 heterocycles. The molecule has 4 aliphatic rings. The van der Waals surface area contributed by atoms with Gasteiger partial charge in [0.25, 0.3) is 15.9 Å². The third-order valence-corrected chi connectivity index (χ3v) is 13.8. The van der Waals surface area contributed by atoms with E-state index in [-0.39, 0.29) is 30.4 Å². The zero-order valence-corrected chi connectivity index (χ0v) is 35.9. The molecule has 3 aliphatic carbocycles. The van der Waals surface area contributed by atoms with Crippen molar-refractivity contribution in [1.29, 1.82) is 0 Å². The number of sulfonamides is 1. The van der Waals surface area contributed by atoms with Crippen LogP contribution in [0.4, 0.5) is 4.79 Å². The van der Waals surface area contributed by atoms with Gasteiger partial charge in [0.1, 0.15) is 41.3 Å². The lowest BCUT2D eigenvalue weighted by Crippen LogP contribution is -2.59. The van der Waals surface area contributed by atoms with Crippen LogP contribution in [0.25, 0.3) is 22.3 Å². The number of pyridine rings is 2. The number of nitrogens with zero attached hydrogens (tertiary/aromatic N) is 3. The summed E-state index contributed by atoms with van der Waals surface area (Å²) in [5, 5.41) is 6.25. The van der Waals surface area contributed by atoms with Gasteiger partial charge in [0, 0.05) is 35.6 Å². The maximum atomic E-state index is 14.7. The Morgan fingerprint density at radius 2 is 1.71 bits per heavy atom. The molecule has 15 nitrogen and oxygen atoms in total. The van der Waals surface area contributed by atoms with Gasteiger partial charge in [-0.15, -0.1) is 6.58 Å². The van der Waals surface area contributed by atoms with E-state index < -0.39 is 69.4 Å². The number of hydrogen-bond acceptors (Lipinski definition) is 11. The van der Waals surface area contributed by atoms with Crippen LogP contribution in [0.1, 0.15) is 70.1 Å². The maximum Gasteiger partial charge on any atom is 0.408 e. The number of carbonyl (C=O) groups is 4. The zero-order chi connectivity index (χ0) is 43.8. The fraction of sp³-hybridized carbons (Fsp3) is 0.435. The molecule has 2 saturated carbocycles.